The number of nitrogens with zero attached hydrogens (tertiary/aromatic N) is 1. The average molecular weight is 481 g/mol. The summed E-state index contributed by atoms with van der Waals surface area (Å²) >= 11 is 14.3. The molecule has 2 rings (SSSR count). The van der Waals surface area contributed by atoms with E-state index in [1.54, 1.807) is 23.1 Å². The maximum atomic E-state index is 13.3. The van der Waals surface area contributed by atoms with Gasteiger partial charge in [-0.3, -0.25) is 9.59 Å². The van der Waals surface area contributed by atoms with Gasteiger partial charge in [0.2, 0.25) is 11.8 Å². The Labute approximate surface area is 199 Å². The highest BCUT2D eigenvalue weighted by atomic mass is 35.5. The second kappa shape index (κ2) is 12.4. The second-order valence-electron chi connectivity index (χ2n) is 7.79. The molecule has 0 spiro atoms. The minimum Gasteiger partial charge on any atom is -0.352 e. The molecule has 2 aromatic carbocycles. The van der Waals surface area contributed by atoms with Crippen LogP contribution in [0.4, 0.5) is 0 Å². The van der Waals surface area contributed by atoms with E-state index in [1.807, 2.05) is 39.8 Å². The standard InChI is InChI=1S/C24H30Cl2N2O2S/c1-5-22(24(30)27-16(2)3)28(13-19-20(25)10-7-11-21(19)26)23(29)15-31-14-18-9-6-8-17(4)12-18/h6-12,16,22H,5,13-15H2,1-4H3,(H,27,30). The highest BCUT2D eigenvalue weighted by Gasteiger charge is 2.29. The number of thioether (sulfide) groups is 1. The van der Waals surface area contributed by atoms with Crippen molar-refractivity contribution in [3.63, 3.8) is 0 Å². The summed E-state index contributed by atoms with van der Waals surface area (Å²) in [5, 5.41) is 3.89. The van der Waals surface area contributed by atoms with Crippen LogP contribution in [0.3, 0.4) is 0 Å². The van der Waals surface area contributed by atoms with Gasteiger partial charge in [-0.2, -0.15) is 0 Å². The molecule has 4 nitrogen and oxygen atoms in total. The van der Waals surface area contributed by atoms with E-state index in [0.29, 0.717) is 22.0 Å². The molecule has 0 fully saturated rings. The molecule has 1 atom stereocenters. The predicted molar refractivity (Wildman–Crippen MR) is 132 cm³/mol. The Balaban J connectivity index is 2.20. The summed E-state index contributed by atoms with van der Waals surface area (Å²) in [6.45, 7) is 7.94. The summed E-state index contributed by atoms with van der Waals surface area (Å²) < 4.78 is 0. The number of amides is 2. The molecule has 168 valence electrons. The zero-order valence-corrected chi connectivity index (χ0v) is 20.8. The smallest absolute Gasteiger partial charge is 0.243 e. The number of hydrogen-bond donors (Lipinski definition) is 1. The topological polar surface area (TPSA) is 49.4 Å². The van der Waals surface area contributed by atoms with Gasteiger partial charge in [-0.1, -0.05) is 66.0 Å². The lowest BCUT2D eigenvalue weighted by Gasteiger charge is -2.31. The van der Waals surface area contributed by atoms with Crippen molar-refractivity contribution in [3.8, 4) is 0 Å². The van der Waals surface area contributed by atoms with Crippen LogP contribution in [-0.4, -0.2) is 34.6 Å². The van der Waals surface area contributed by atoms with E-state index in [9.17, 15) is 9.59 Å². The monoisotopic (exact) mass is 480 g/mol. The highest BCUT2D eigenvalue weighted by molar-refractivity contribution is 7.99. The number of carbonyl (C=O) groups is 2. The minimum atomic E-state index is -0.596. The van der Waals surface area contributed by atoms with Crippen molar-refractivity contribution >= 4 is 46.8 Å². The quantitative estimate of drug-likeness (QED) is 0.462. The van der Waals surface area contributed by atoms with Crippen molar-refractivity contribution < 1.29 is 9.59 Å². The molecule has 0 aliphatic rings. The van der Waals surface area contributed by atoms with Crippen LogP contribution in [0.1, 0.15) is 43.9 Å². The molecular weight excluding hydrogens is 451 g/mol. The number of rotatable bonds is 10. The minimum absolute atomic E-state index is 0.0156. The lowest BCUT2D eigenvalue weighted by Crippen LogP contribution is -2.51. The summed E-state index contributed by atoms with van der Waals surface area (Å²) in [5.74, 6) is 0.710. The van der Waals surface area contributed by atoms with Crippen molar-refractivity contribution in [3.05, 3.63) is 69.2 Å². The molecule has 0 aliphatic carbocycles. The molecule has 2 amide bonds. The van der Waals surface area contributed by atoms with Gasteiger partial charge >= 0.3 is 0 Å². The van der Waals surface area contributed by atoms with Gasteiger partial charge in [-0.15, -0.1) is 11.8 Å². The maximum Gasteiger partial charge on any atom is 0.243 e. The summed E-state index contributed by atoms with van der Waals surface area (Å²) in [4.78, 5) is 27.7. The Morgan fingerprint density at radius 3 is 2.32 bits per heavy atom. The third-order valence-electron chi connectivity index (χ3n) is 4.78. The molecule has 1 N–H and O–H groups in total. The third-order valence-corrected chi connectivity index (χ3v) is 6.48. The largest absolute Gasteiger partial charge is 0.352 e. The fourth-order valence-electron chi connectivity index (χ4n) is 3.29. The van der Waals surface area contributed by atoms with Crippen LogP contribution in [0.5, 0.6) is 0 Å². The lowest BCUT2D eigenvalue weighted by molar-refractivity contribution is -0.139. The molecular formula is C24H30Cl2N2O2S. The number of benzene rings is 2. The number of carbonyl (C=O) groups excluding carboxylic acids is 2. The van der Waals surface area contributed by atoms with Crippen molar-refractivity contribution in [1.29, 1.82) is 0 Å². The Hall–Kier alpha value is -1.69. The predicted octanol–water partition coefficient (Wildman–Crippen LogP) is 5.87. The maximum absolute atomic E-state index is 13.3. The molecule has 0 aromatic heterocycles. The van der Waals surface area contributed by atoms with E-state index in [2.05, 4.69) is 17.4 Å². The molecule has 0 saturated carbocycles. The average Bonchev–Trinajstić information content (AvgIpc) is 2.69. The Kier molecular flexibility index (Phi) is 10.2. The second-order valence-corrected chi connectivity index (χ2v) is 9.59. The van der Waals surface area contributed by atoms with Crippen molar-refractivity contribution in [1.82, 2.24) is 10.2 Å². The Bertz CT molecular complexity index is 885. The van der Waals surface area contributed by atoms with Crippen LogP contribution >= 0.6 is 35.0 Å². The zero-order valence-electron chi connectivity index (χ0n) is 18.5. The fraction of sp³-hybridized carbons (Fsp3) is 0.417. The normalized spacial score (nSPS) is 12.0. The molecule has 0 aliphatic heterocycles. The first-order valence-corrected chi connectivity index (χ1v) is 12.3. The molecule has 2 aromatic rings. The van der Waals surface area contributed by atoms with Gasteiger partial charge in [-0.25, -0.2) is 0 Å². The summed E-state index contributed by atoms with van der Waals surface area (Å²) in [6, 6.07) is 12.9. The van der Waals surface area contributed by atoms with Crippen LogP contribution in [0, 0.1) is 6.92 Å². The molecule has 0 radical (unpaired) electrons. The van der Waals surface area contributed by atoms with Gasteiger partial charge in [0.05, 0.1) is 5.75 Å². The zero-order chi connectivity index (χ0) is 23.0. The van der Waals surface area contributed by atoms with Gasteiger partial charge < -0.3 is 10.2 Å². The summed E-state index contributed by atoms with van der Waals surface area (Å²) in [5.41, 5.74) is 3.01. The van der Waals surface area contributed by atoms with E-state index in [4.69, 9.17) is 23.2 Å². The molecule has 1 unspecified atom stereocenters. The Morgan fingerprint density at radius 2 is 1.74 bits per heavy atom. The van der Waals surface area contributed by atoms with E-state index < -0.39 is 6.04 Å². The van der Waals surface area contributed by atoms with Crippen LogP contribution in [-0.2, 0) is 21.9 Å². The van der Waals surface area contributed by atoms with E-state index in [-0.39, 0.29) is 30.2 Å². The molecule has 0 bridgehead atoms. The third kappa shape index (κ3) is 7.74. The first-order valence-electron chi connectivity index (χ1n) is 10.4. The van der Waals surface area contributed by atoms with Gasteiger partial charge in [0.1, 0.15) is 6.04 Å². The van der Waals surface area contributed by atoms with Crippen molar-refractivity contribution in [2.45, 2.75) is 58.5 Å². The van der Waals surface area contributed by atoms with E-state index >= 15 is 0 Å². The van der Waals surface area contributed by atoms with Crippen LogP contribution in [0.25, 0.3) is 0 Å². The molecule has 0 saturated heterocycles. The molecule has 0 heterocycles. The fourth-order valence-corrected chi connectivity index (χ4v) is 4.67. The first-order chi connectivity index (χ1) is 14.7. The SMILES string of the molecule is CCC(C(=O)NC(C)C)N(Cc1c(Cl)cccc1Cl)C(=O)CSCc1cccc(C)c1. The van der Waals surface area contributed by atoms with Gasteiger partial charge in [0, 0.05) is 33.9 Å². The van der Waals surface area contributed by atoms with Crippen LogP contribution < -0.4 is 5.32 Å². The van der Waals surface area contributed by atoms with Gasteiger partial charge in [0.25, 0.3) is 0 Å². The van der Waals surface area contributed by atoms with Crippen LogP contribution in [0.2, 0.25) is 10.0 Å². The highest BCUT2D eigenvalue weighted by Crippen LogP contribution is 2.27. The van der Waals surface area contributed by atoms with Gasteiger partial charge in [0.15, 0.2) is 0 Å². The first kappa shape index (κ1) is 25.6. The number of aryl methyl sites for hydroxylation is 1. The number of halogens is 2. The lowest BCUT2D eigenvalue weighted by atomic mass is 10.1. The summed E-state index contributed by atoms with van der Waals surface area (Å²) in [7, 11) is 0. The molecule has 31 heavy (non-hydrogen) atoms. The molecule has 7 heteroatoms. The van der Waals surface area contributed by atoms with Crippen molar-refractivity contribution in [2.24, 2.45) is 0 Å². The van der Waals surface area contributed by atoms with E-state index in [0.717, 1.165) is 5.75 Å². The van der Waals surface area contributed by atoms with E-state index in [1.165, 1.54) is 22.9 Å². The number of nitrogens with one attached hydrogen (secondary N) is 1. The van der Waals surface area contributed by atoms with Gasteiger partial charge in [-0.05, 0) is 44.9 Å². The number of hydrogen-bond acceptors (Lipinski definition) is 3. The van der Waals surface area contributed by atoms with Crippen molar-refractivity contribution in [2.75, 3.05) is 5.75 Å². The van der Waals surface area contributed by atoms with Crippen LogP contribution in [0.15, 0.2) is 42.5 Å². The Morgan fingerprint density at radius 1 is 1.10 bits per heavy atom. The summed E-state index contributed by atoms with van der Waals surface area (Å²) in [6.07, 6.45) is 0.495.